The number of hydrogen-bond acceptors (Lipinski definition) is 7. The number of piperidine rings is 1. The number of aromatic nitrogens is 1. The maximum Gasteiger partial charge on any atom is 0.267 e. The topological polar surface area (TPSA) is 107 Å². The lowest BCUT2D eigenvalue weighted by molar-refractivity contribution is 0.0996. The van der Waals surface area contributed by atoms with Crippen LogP contribution < -0.4 is 25.4 Å². The Hall–Kier alpha value is -3.59. The number of nitrogens with zero attached hydrogens (tertiary/aromatic N) is 2. The highest BCUT2D eigenvalue weighted by Gasteiger charge is 2.21. The Balaban J connectivity index is 1.64. The minimum absolute atomic E-state index is 0.276. The van der Waals surface area contributed by atoms with Crippen molar-refractivity contribution in [3.8, 4) is 22.1 Å². The molecule has 2 amide bonds. The number of carbonyl (C=O) groups is 2. The van der Waals surface area contributed by atoms with E-state index < -0.39 is 5.91 Å². The Kier molecular flexibility index (Phi) is 7.02. The van der Waals surface area contributed by atoms with E-state index in [9.17, 15) is 9.59 Å². The first-order valence-corrected chi connectivity index (χ1v) is 11.9. The highest BCUT2D eigenvalue weighted by atomic mass is 32.1. The molecule has 0 radical (unpaired) electrons. The van der Waals surface area contributed by atoms with E-state index in [1.165, 1.54) is 17.8 Å². The molecule has 0 unspecified atom stereocenters. The van der Waals surface area contributed by atoms with Gasteiger partial charge in [-0.2, -0.15) is 0 Å². The summed E-state index contributed by atoms with van der Waals surface area (Å²) < 4.78 is 10.7. The van der Waals surface area contributed by atoms with Crippen molar-refractivity contribution in [3.63, 3.8) is 0 Å². The quantitative estimate of drug-likeness (QED) is 0.516. The largest absolute Gasteiger partial charge is 0.493 e. The predicted molar refractivity (Wildman–Crippen MR) is 134 cm³/mol. The molecule has 0 spiro atoms. The Labute approximate surface area is 202 Å². The summed E-state index contributed by atoms with van der Waals surface area (Å²) in [6.07, 6.45) is 3.37. The number of anilines is 2. The van der Waals surface area contributed by atoms with Gasteiger partial charge >= 0.3 is 0 Å². The van der Waals surface area contributed by atoms with Gasteiger partial charge in [0.25, 0.3) is 5.91 Å². The second-order valence-corrected chi connectivity index (χ2v) is 9.10. The lowest BCUT2D eigenvalue weighted by Crippen LogP contribution is -2.30. The number of nitrogens with two attached hydrogens (primary N) is 1. The van der Waals surface area contributed by atoms with Gasteiger partial charge in [0.2, 0.25) is 5.91 Å². The smallest absolute Gasteiger partial charge is 0.267 e. The SMILES string of the molecule is COc1ccc(-c2nc(C)c(C(=O)Nc3cc(C(N)=O)ccc3N3CCCCC3)s2)cc1OC. The first kappa shape index (κ1) is 23.6. The number of primary amides is 1. The molecule has 0 aliphatic carbocycles. The fourth-order valence-corrected chi connectivity index (χ4v) is 5.04. The van der Waals surface area contributed by atoms with Crippen molar-refractivity contribution in [2.75, 3.05) is 37.5 Å². The van der Waals surface area contributed by atoms with E-state index in [2.05, 4.69) is 15.2 Å². The predicted octanol–water partition coefficient (Wildman–Crippen LogP) is 4.48. The van der Waals surface area contributed by atoms with Gasteiger partial charge in [-0.1, -0.05) is 0 Å². The van der Waals surface area contributed by atoms with E-state index in [1.54, 1.807) is 33.3 Å². The number of amides is 2. The molecule has 1 aliphatic rings. The zero-order chi connectivity index (χ0) is 24.2. The van der Waals surface area contributed by atoms with Crippen molar-refractivity contribution in [2.45, 2.75) is 26.2 Å². The van der Waals surface area contributed by atoms with Gasteiger partial charge in [-0.15, -0.1) is 11.3 Å². The molecule has 1 fully saturated rings. The van der Waals surface area contributed by atoms with Crippen LogP contribution in [0.5, 0.6) is 11.5 Å². The number of aryl methyl sites for hydroxylation is 1. The van der Waals surface area contributed by atoms with E-state index in [0.717, 1.165) is 37.2 Å². The third-order valence-electron chi connectivity index (χ3n) is 5.86. The van der Waals surface area contributed by atoms with Crippen LogP contribution in [0.1, 0.15) is 45.0 Å². The normalized spacial score (nSPS) is 13.4. The highest BCUT2D eigenvalue weighted by molar-refractivity contribution is 7.17. The van der Waals surface area contributed by atoms with E-state index in [-0.39, 0.29) is 5.91 Å². The van der Waals surface area contributed by atoms with Crippen LogP contribution in [0.4, 0.5) is 11.4 Å². The molecule has 0 bridgehead atoms. The molecule has 2 aromatic carbocycles. The van der Waals surface area contributed by atoms with Crippen molar-refractivity contribution < 1.29 is 19.1 Å². The maximum absolute atomic E-state index is 13.3. The summed E-state index contributed by atoms with van der Waals surface area (Å²) in [5.41, 5.74) is 8.76. The molecule has 4 rings (SSSR count). The molecule has 8 nitrogen and oxygen atoms in total. The summed E-state index contributed by atoms with van der Waals surface area (Å²) in [5, 5.41) is 3.70. The minimum Gasteiger partial charge on any atom is -0.493 e. The van der Waals surface area contributed by atoms with Crippen LogP contribution in [0.2, 0.25) is 0 Å². The summed E-state index contributed by atoms with van der Waals surface area (Å²) in [7, 11) is 3.16. The number of ether oxygens (including phenoxy) is 2. The first-order valence-electron chi connectivity index (χ1n) is 11.1. The van der Waals surface area contributed by atoms with E-state index >= 15 is 0 Å². The number of hydrogen-bond donors (Lipinski definition) is 2. The van der Waals surface area contributed by atoms with Crippen molar-refractivity contribution in [2.24, 2.45) is 5.73 Å². The number of rotatable bonds is 7. The van der Waals surface area contributed by atoms with Gasteiger partial charge in [0.1, 0.15) is 9.88 Å². The lowest BCUT2D eigenvalue weighted by Gasteiger charge is -2.30. The Bertz CT molecular complexity index is 1220. The first-order chi connectivity index (χ1) is 16.4. The third kappa shape index (κ3) is 4.84. The summed E-state index contributed by atoms with van der Waals surface area (Å²) in [5.74, 6) is 0.400. The molecule has 1 aromatic heterocycles. The van der Waals surface area contributed by atoms with Gasteiger partial charge in [-0.3, -0.25) is 9.59 Å². The van der Waals surface area contributed by atoms with Crippen molar-refractivity contribution in [3.05, 3.63) is 52.5 Å². The van der Waals surface area contributed by atoms with Gasteiger partial charge in [0.05, 0.1) is 31.3 Å². The van der Waals surface area contributed by atoms with Gasteiger partial charge in [0, 0.05) is 24.2 Å². The van der Waals surface area contributed by atoms with Crippen LogP contribution in [0.25, 0.3) is 10.6 Å². The fraction of sp³-hybridized carbons (Fsp3) is 0.320. The number of nitrogens with one attached hydrogen (secondary N) is 1. The number of benzene rings is 2. The number of carbonyl (C=O) groups excluding carboxylic acids is 2. The third-order valence-corrected chi connectivity index (χ3v) is 7.06. The van der Waals surface area contributed by atoms with Crippen LogP contribution >= 0.6 is 11.3 Å². The average Bonchev–Trinajstić information content (AvgIpc) is 3.25. The number of methoxy groups -OCH3 is 2. The second kappa shape index (κ2) is 10.1. The van der Waals surface area contributed by atoms with Crippen LogP contribution in [0, 0.1) is 6.92 Å². The lowest BCUT2D eigenvalue weighted by atomic mass is 10.1. The molecule has 0 saturated carbocycles. The van der Waals surface area contributed by atoms with Crippen LogP contribution in [-0.4, -0.2) is 44.1 Å². The molecule has 3 N–H and O–H groups in total. The van der Waals surface area contributed by atoms with Gasteiger partial charge in [-0.25, -0.2) is 4.98 Å². The van der Waals surface area contributed by atoms with Crippen molar-refractivity contribution in [1.82, 2.24) is 4.98 Å². The van der Waals surface area contributed by atoms with Crippen molar-refractivity contribution in [1.29, 1.82) is 0 Å². The molecular formula is C25H28N4O4S. The minimum atomic E-state index is -0.537. The molecule has 9 heteroatoms. The number of thiazole rings is 1. The molecule has 1 saturated heterocycles. The maximum atomic E-state index is 13.3. The second-order valence-electron chi connectivity index (χ2n) is 8.10. The molecule has 178 valence electrons. The molecule has 2 heterocycles. The Morgan fingerprint density at radius 3 is 2.44 bits per heavy atom. The molecule has 1 aliphatic heterocycles. The standard InChI is InChI=1S/C25H28N4O4S/c1-15-22(34-25(27-15)17-8-10-20(32-2)21(14-17)33-3)24(31)28-18-13-16(23(26)30)7-9-19(18)29-11-5-4-6-12-29/h7-10,13-14H,4-6,11-12H2,1-3H3,(H2,26,30)(H,28,31). The average molecular weight is 481 g/mol. The van der Waals surface area contributed by atoms with Gasteiger partial charge in [-0.05, 0) is 62.6 Å². The highest BCUT2D eigenvalue weighted by Crippen LogP contribution is 2.36. The Morgan fingerprint density at radius 2 is 1.76 bits per heavy atom. The van der Waals surface area contributed by atoms with Crippen LogP contribution in [0.3, 0.4) is 0 Å². The summed E-state index contributed by atoms with van der Waals surface area (Å²) >= 11 is 1.30. The molecular weight excluding hydrogens is 452 g/mol. The van der Waals surface area contributed by atoms with E-state index in [0.29, 0.717) is 38.3 Å². The molecule has 0 atom stereocenters. The molecule has 3 aromatic rings. The monoisotopic (exact) mass is 480 g/mol. The summed E-state index contributed by atoms with van der Waals surface area (Å²) in [4.78, 5) is 32.4. The Morgan fingerprint density at radius 1 is 1.03 bits per heavy atom. The van der Waals surface area contributed by atoms with Crippen LogP contribution in [0.15, 0.2) is 36.4 Å². The van der Waals surface area contributed by atoms with Crippen molar-refractivity contribution >= 4 is 34.5 Å². The summed E-state index contributed by atoms with van der Waals surface area (Å²) in [6.45, 7) is 3.62. The zero-order valence-electron chi connectivity index (χ0n) is 19.5. The van der Waals surface area contributed by atoms with Gasteiger partial charge in [0.15, 0.2) is 11.5 Å². The van der Waals surface area contributed by atoms with Gasteiger partial charge < -0.3 is 25.4 Å². The zero-order valence-corrected chi connectivity index (χ0v) is 20.3. The fourth-order valence-electron chi connectivity index (χ4n) is 4.08. The molecule has 34 heavy (non-hydrogen) atoms. The summed E-state index contributed by atoms with van der Waals surface area (Å²) in [6, 6.07) is 10.7. The van der Waals surface area contributed by atoms with E-state index in [1.807, 2.05) is 24.3 Å². The van der Waals surface area contributed by atoms with Crippen LogP contribution in [-0.2, 0) is 0 Å². The van der Waals surface area contributed by atoms with E-state index in [4.69, 9.17) is 15.2 Å².